The van der Waals surface area contributed by atoms with Crippen molar-refractivity contribution in [2.75, 3.05) is 5.75 Å². The van der Waals surface area contributed by atoms with Crippen LogP contribution in [0.5, 0.6) is 0 Å². The van der Waals surface area contributed by atoms with Crippen LogP contribution in [-0.2, 0) is 9.84 Å². The van der Waals surface area contributed by atoms with Crippen LogP contribution in [0.25, 0.3) is 4.91 Å². The van der Waals surface area contributed by atoms with Gasteiger partial charge in [0.15, 0.2) is 9.84 Å². The molecule has 1 atom stereocenters. The maximum absolute atomic E-state index is 11.7. The average Bonchev–Trinajstić information content (AvgIpc) is 2.41. The summed E-state index contributed by atoms with van der Waals surface area (Å²) >= 11 is 0. The number of rotatable bonds is 1. The molecule has 3 heteroatoms. The molecular weight excluding hydrogens is 196 g/mol. The van der Waals surface area contributed by atoms with E-state index in [2.05, 4.69) is 0 Å². The first-order chi connectivity index (χ1) is 6.59. The van der Waals surface area contributed by atoms with Gasteiger partial charge in [-0.05, 0) is 11.5 Å². The van der Waals surface area contributed by atoms with Gasteiger partial charge in [0, 0.05) is 0 Å². The summed E-state index contributed by atoms with van der Waals surface area (Å²) in [6, 6.07) is 9.27. The molecule has 0 saturated carbocycles. The third-order valence-corrected chi connectivity index (χ3v) is 4.32. The Labute approximate surface area is 84.2 Å². The fraction of sp³-hybridized carbons (Fsp3) is 0.273. The predicted octanol–water partition coefficient (Wildman–Crippen LogP) is 2.09. The van der Waals surface area contributed by atoms with Crippen molar-refractivity contribution in [1.82, 2.24) is 0 Å². The van der Waals surface area contributed by atoms with E-state index in [0.29, 0.717) is 4.91 Å². The topological polar surface area (TPSA) is 34.1 Å². The molecule has 2 nitrogen and oxygen atoms in total. The molecule has 0 saturated heterocycles. The monoisotopic (exact) mass is 208 g/mol. The molecule has 0 spiro atoms. The molecule has 1 aromatic carbocycles. The lowest BCUT2D eigenvalue weighted by molar-refractivity contribution is 0.602. The minimum atomic E-state index is -3.03. The summed E-state index contributed by atoms with van der Waals surface area (Å²) in [7, 11) is -3.03. The first-order valence-corrected chi connectivity index (χ1v) is 6.25. The van der Waals surface area contributed by atoms with Crippen LogP contribution in [0.4, 0.5) is 0 Å². The van der Waals surface area contributed by atoms with Crippen LogP contribution in [-0.4, -0.2) is 14.2 Å². The van der Waals surface area contributed by atoms with Crippen molar-refractivity contribution in [3.63, 3.8) is 0 Å². The van der Waals surface area contributed by atoms with Gasteiger partial charge >= 0.3 is 0 Å². The Hall–Kier alpha value is -1.09. The van der Waals surface area contributed by atoms with Crippen LogP contribution in [0.1, 0.15) is 12.5 Å². The van der Waals surface area contributed by atoms with Gasteiger partial charge in [-0.2, -0.15) is 0 Å². The molecule has 1 aromatic rings. The van der Waals surface area contributed by atoms with Gasteiger partial charge in [-0.3, -0.25) is 0 Å². The number of hydrogen-bond acceptors (Lipinski definition) is 2. The summed E-state index contributed by atoms with van der Waals surface area (Å²) in [5.41, 5.74) is 0.803. The highest BCUT2D eigenvalue weighted by molar-refractivity contribution is 8.00. The van der Waals surface area contributed by atoms with Crippen LogP contribution in [0.3, 0.4) is 0 Å². The maximum Gasteiger partial charge on any atom is 0.179 e. The smallest absolute Gasteiger partial charge is 0.179 e. The Morgan fingerprint density at radius 1 is 1.21 bits per heavy atom. The molecule has 0 amide bonds. The van der Waals surface area contributed by atoms with Crippen LogP contribution in [0.15, 0.2) is 36.4 Å². The van der Waals surface area contributed by atoms with Crippen LogP contribution in [0, 0.1) is 5.92 Å². The van der Waals surface area contributed by atoms with Gasteiger partial charge < -0.3 is 0 Å². The summed E-state index contributed by atoms with van der Waals surface area (Å²) < 4.78 is 23.4. The number of benzene rings is 1. The average molecular weight is 208 g/mol. The zero-order valence-electron chi connectivity index (χ0n) is 7.97. The summed E-state index contributed by atoms with van der Waals surface area (Å²) in [4.78, 5) is 0.491. The maximum atomic E-state index is 11.7. The minimum absolute atomic E-state index is 0.134. The third kappa shape index (κ3) is 1.60. The molecule has 1 aliphatic rings. The van der Waals surface area contributed by atoms with Crippen molar-refractivity contribution >= 4 is 14.7 Å². The SMILES string of the molecule is CC1C=C(c2ccccc2)S(=O)(=O)C1. The van der Waals surface area contributed by atoms with Crippen LogP contribution in [0.2, 0.25) is 0 Å². The molecule has 14 heavy (non-hydrogen) atoms. The largest absolute Gasteiger partial charge is 0.224 e. The standard InChI is InChI=1S/C11H12O2S/c1-9-7-11(14(12,13)8-9)10-5-3-2-4-6-10/h2-7,9H,8H2,1H3. The molecule has 0 fully saturated rings. The van der Waals surface area contributed by atoms with Crippen molar-refractivity contribution in [2.24, 2.45) is 5.92 Å². The van der Waals surface area contributed by atoms with E-state index < -0.39 is 9.84 Å². The van der Waals surface area contributed by atoms with E-state index in [1.54, 1.807) is 0 Å². The highest BCUT2D eigenvalue weighted by Crippen LogP contribution is 2.30. The molecule has 0 N–H and O–H groups in total. The highest BCUT2D eigenvalue weighted by atomic mass is 32.2. The quantitative estimate of drug-likeness (QED) is 0.708. The van der Waals surface area contributed by atoms with E-state index in [1.807, 2.05) is 43.3 Å². The van der Waals surface area contributed by atoms with Gasteiger partial charge in [0.25, 0.3) is 0 Å². The van der Waals surface area contributed by atoms with Crippen LogP contribution < -0.4 is 0 Å². The summed E-state index contributed by atoms with van der Waals surface area (Å²) in [5.74, 6) is 0.382. The van der Waals surface area contributed by atoms with E-state index in [1.165, 1.54) is 0 Å². The van der Waals surface area contributed by atoms with E-state index in [-0.39, 0.29) is 11.7 Å². The normalized spacial score (nSPS) is 24.6. The third-order valence-electron chi connectivity index (χ3n) is 2.31. The highest BCUT2D eigenvalue weighted by Gasteiger charge is 2.28. The Balaban J connectivity index is 2.51. The Morgan fingerprint density at radius 2 is 1.86 bits per heavy atom. The summed E-state index contributed by atoms with van der Waals surface area (Å²) in [6.07, 6.45) is 1.84. The first-order valence-electron chi connectivity index (χ1n) is 4.59. The fourth-order valence-corrected chi connectivity index (χ4v) is 3.63. The molecule has 0 radical (unpaired) electrons. The summed E-state index contributed by atoms with van der Waals surface area (Å²) in [5, 5.41) is 0. The van der Waals surface area contributed by atoms with Crippen LogP contribution >= 0.6 is 0 Å². The second kappa shape index (κ2) is 3.24. The van der Waals surface area contributed by atoms with Crippen molar-refractivity contribution in [3.05, 3.63) is 42.0 Å². The van der Waals surface area contributed by atoms with Crippen molar-refractivity contribution < 1.29 is 8.42 Å². The van der Waals surface area contributed by atoms with Gasteiger partial charge in [0.2, 0.25) is 0 Å². The molecule has 1 heterocycles. The Bertz CT molecular complexity index is 457. The molecule has 2 rings (SSSR count). The minimum Gasteiger partial charge on any atom is -0.224 e. The molecule has 0 bridgehead atoms. The zero-order valence-corrected chi connectivity index (χ0v) is 8.79. The summed E-state index contributed by atoms with van der Waals surface area (Å²) in [6.45, 7) is 1.92. The van der Waals surface area contributed by atoms with Gasteiger partial charge in [0.05, 0.1) is 10.7 Å². The lowest BCUT2D eigenvalue weighted by atomic mass is 10.1. The fourth-order valence-electron chi connectivity index (χ4n) is 1.72. The second-order valence-corrected chi connectivity index (χ2v) is 5.66. The first kappa shape index (κ1) is 9.46. The molecule has 0 aliphatic carbocycles. The molecule has 1 aliphatic heterocycles. The van der Waals surface area contributed by atoms with Gasteiger partial charge in [0.1, 0.15) is 0 Å². The Kier molecular flexibility index (Phi) is 2.19. The number of sulfone groups is 1. The predicted molar refractivity (Wildman–Crippen MR) is 57.4 cm³/mol. The molecule has 74 valence electrons. The molecular formula is C11H12O2S. The lowest BCUT2D eigenvalue weighted by Gasteiger charge is -2.01. The van der Waals surface area contributed by atoms with E-state index in [9.17, 15) is 8.42 Å². The Morgan fingerprint density at radius 3 is 2.36 bits per heavy atom. The van der Waals surface area contributed by atoms with Crippen molar-refractivity contribution in [2.45, 2.75) is 6.92 Å². The molecule has 0 aromatic heterocycles. The number of allylic oxidation sites excluding steroid dienone is 1. The lowest BCUT2D eigenvalue weighted by Crippen LogP contribution is -2.04. The molecule has 1 unspecified atom stereocenters. The zero-order chi connectivity index (χ0) is 10.2. The number of hydrogen-bond donors (Lipinski definition) is 0. The van der Waals surface area contributed by atoms with Gasteiger partial charge in [-0.15, -0.1) is 0 Å². The van der Waals surface area contributed by atoms with Crippen molar-refractivity contribution in [3.8, 4) is 0 Å². The van der Waals surface area contributed by atoms with E-state index >= 15 is 0 Å². The van der Waals surface area contributed by atoms with E-state index in [4.69, 9.17) is 0 Å². The second-order valence-electron chi connectivity index (χ2n) is 3.66. The van der Waals surface area contributed by atoms with Gasteiger partial charge in [-0.1, -0.05) is 43.3 Å². The van der Waals surface area contributed by atoms with E-state index in [0.717, 1.165) is 5.56 Å². The van der Waals surface area contributed by atoms with Crippen molar-refractivity contribution in [1.29, 1.82) is 0 Å². The van der Waals surface area contributed by atoms with Gasteiger partial charge in [-0.25, -0.2) is 8.42 Å².